The molecule has 2 N–H and O–H groups in total. The third-order valence-electron chi connectivity index (χ3n) is 8.75. The Kier molecular flexibility index (Phi) is 13.3. The second kappa shape index (κ2) is 17.4. The maximum Gasteiger partial charge on any atom is 0.321 e. The molecular formula is C35H47N7O6S. The molecule has 0 radical (unpaired) electrons. The number of rotatable bonds is 18. The molecule has 2 aromatic carbocycles. The Hall–Kier alpha value is -4.27. The number of nitroso groups, excluding NO2 is 1. The molecule has 1 saturated heterocycles. The third-order valence-corrected chi connectivity index (χ3v) is 10.6. The highest BCUT2D eigenvalue weighted by Gasteiger charge is 2.41. The minimum Gasteiger partial charge on any atom is -0.390 e. The highest BCUT2D eigenvalue weighted by atomic mass is 32.2. The number of hydrogen-bond donors (Lipinski definition) is 2. The number of nitrogens with one attached hydrogen (secondary N) is 1. The summed E-state index contributed by atoms with van der Waals surface area (Å²) >= 11 is 0. The summed E-state index contributed by atoms with van der Waals surface area (Å²) < 4.78 is 29.0. The highest BCUT2D eigenvalue weighted by molar-refractivity contribution is 7.89. The van der Waals surface area contributed by atoms with Crippen molar-refractivity contribution in [2.75, 3.05) is 26.2 Å². The Morgan fingerprint density at radius 1 is 1.00 bits per heavy atom. The largest absolute Gasteiger partial charge is 0.390 e. The van der Waals surface area contributed by atoms with Gasteiger partial charge in [0.05, 0.1) is 29.3 Å². The van der Waals surface area contributed by atoms with E-state index in [4.69, 9.17) is 0 Å². The van der Waals surface area contributed by atoms with Crippen LogP contribution in [0.25, 0.3) is 0 Å². The van der Waals surface area contributed by atoms with E-state index in [1.165, 1.54) is 16.4 Å². The lowest BCUT2D eigenvalue weighted by molar-refractivity contribution is -0.128. The Labute approximate surface area is 288 Å². The summed E-state index contributed by atoms with van der Waals surface area (Å²) in [6, 6.07) is 16.9. The van der Waals surface area contributed by atoms with Crippen LogP contribution in [0.5, 0.6) is 0 Å². The van der Waals surface area contributed by atoms with Crippen LogP contribution in [0.15, 0.2) is 83.0 Å². The first-order valence-electron chi connectivity index (χ1n) is 16.7. The topological polar surface area (TPSA) is 165 Å². The van der Waals surface area contributed by atoms with E-state index in [1.807, 2.05) is 58.0 Å². The van der Waals surface area contributed by atoms with Crippen molar-refractivity contribution in [1.82, 2.24) is 29.6 Å². The number of carbonyl (C=O) groups is 2. The Morgan fingerprint density at radius 2 is 1.71 bits per heavy atom. The predicted octanol–water partition coefficient (Wildman–Crippen LogP) is 3.83. The number of aromatic nitrogens is 2. The average molecular weight is 694 g/mol. The van der Waals surface area contributed by atoms with Gasteiger partial charge in [0.2, 0.25) is 15.9 Å². The van der Waals surface area contributed by atoms with E-state index in [-0.39, 0.29) is 55.4 Å². The van der Waals surface area contributed by atoms with Gasteiger partial charge in [-0.2, -0.15) is 19.4 Å². The molecule has 0 bridgehead atoms. The molecule has 1 fully saturated rings. The average Bonchev–Trinajstić information content (AvgIpc) is 3.43. The van der Waals surface area contributed by atoms with Crippen molar-refractivity contribution in [3.8, 4) is 0 Å². The fourth-order valence-corrected chi connectivity index (χ4v) is 7.60. The van der Waals surface area contributed by atoms with Crippen LogP contribution in [0.2, 0.25) is 0 Å². The third kappa shape index (κ3) is 9.89. The zero-order valence-electron chi connectivity index (χ0n) is 28.6. The van der Waals surface area contributed by atoms with E-state index in [0.717, 1.165) is 5.56 Å². The van der Waals surface area contributed by atoms with Crippen LogP contribution in [-0.4, -0.2) is 94.1 Å². The summed E-state index contributed by atoms with van der Waals surface area (Å²) in [7, 11) is -4.06. The van der Waals surface area contributed by atoms with Gasteiger partial charge in [-0.15, -0.1) is 0 Å². The molecule has 1 aliphatic heterocycles. The van der Waals surface area contributed by atoms with E-state index >= 15 is 0 Å². The Balaban J connectivity index is 1.59. The van der Waals surface area contributed by atoms with Crippen LogP contribution in [0.4, 0.5) is 4.79 Å². The minimum absolute atomic E-state index is 0.0223. The lowest BCUT2D eigenvalue weighted by Crippen LogP contribution is -2.57. The first-order chi connectivity index (χ1) is 23.4. The van der Waals surface area contributed by atoms with Crippen molar-refractivity contribution in [2.24, 2.45) is 17.0 Å². The van der Waals surface area contributed by atoms with Crippen molar-refractivity contribution in [3.05, 3.63) is 94.7 Å². The maximum atomic E-state index is 14.2. The summed E-state index contributed by atoms with van der Waals surface area (Å²) in [5, 5.41) is 25.6. The van der Waals surface area contributed by atoms with Crippen molar-refractivity contribution in [2.45, 2.75) is 76.7 Å². The number of aliphatic hydroxyl groups excluding tert-OH is 1. The Morgan fingerprint density at radius 3 is 2.33 bits per heavy atom. The molecule has 0 aliphatic carbocycles. The van der Waals surface area contributed by atoms with Gasteiger partial charge in [-0.25, -0.2) is 13.2 Å². The molecule has 49 heavy (non-hydrogen) atoms. The van der Waals surface area contributed by atoms with Crippen LogP contribution < -0.4 is 5.32 Å². The lowest BCUT2D eigenvalue weighted by atomic mass is 9.95. The number of sulfonamides is 1. The number of carbonyl (C=O) groups excluding carboxylic acids is 2. The number of nitrogens with zero attached hydrogens (tertiary/aromatic N) is 6. The molecule has 2 heterocycles. The molecule has 3 aromatic rings. The van der Waals surface area contributed by atoms with Crippen LogP contribution in [-0.2, 0) is 34.3 Å². The van der Waals surface area contributed by atoms with Gasteiger partial charge < -0.3 is 20.2 Å². The van der Waals surface area contributed by atoms with Crippen LogP contribution in [0.3, 0.4) is 0 Å². The van der Waals surface area contributed by atoms with Gasteiger partial charge in [-0.1, -0.05) is 81.8 Å². The van der Waals surface area contributed by atoms with E-state index in [0.29, 0.717) is 30.8 Å². The van der Waals surface area contributed by atoms with Crippen molar-refractivity contribution >= 4 is 22.0 Å². The normalized spacial score (nSPS) is 16.1. The van der Waals surface area contributed by atoms with Gasteiger partial charge in [0.15, 0.2) is 0 Å². The minimum atomic E-state index is -4.06. The van der Waals surface area contributed by atoms with Crippen molar-refractivity contribution in [3.63, 3.8) is 0 Å². The van der Waals surface area contributed by atoms with Crippen LogP contribution >= 0.6 is 0 Å². The van der Waals surface area contributed by atoms with Crippen LogP contribution in [0.1, 0.15) is 50.9 Å². The number of hydrogen-bond acceptors (Lipinski definition) is 9. The summed E-state index contributed by atoms with van der Waals surface area (Å²) in [5.41, 5.74) is 2.07. The quantitative estimate of drug-likeness (QED) is 0.190. The summed E-state index contributed by atoms with van der Waals surface area (Å²) in [6.45, 7) is 8.44. The van der Waals surface area contributed by atoms with Crippen LogP contribution in [0, 0.1) is 16.7 Å². The first kappa shape index (κ1) is 37.5. The molecule has 13 nitrogen and oxygen atoms in total. The zero-order valence-corrected chi connectivity index (χ0v) is 29.4. The molecular weight excluding hydrogens is 646 g/mol. The van der Waals surface area contributed by atoms with Gasteiger partial charge in [0.25, 0.3) is 0 Å². The molecule has 14 heteroatoms. The monoisotopic (exact) mass is 693 g/mol. The predicted molar refractivity (Wildman–Crippen MR) is 185 cm³/mol. The fraction of sp³-hybridized carbons (Fsp3) is 0.486. The molecule has 0 saturated carbocycles. The van der Waals surface area contributed by atoms with Gasteiger partial charge in [-0.05, 0) is 53.6 Å². The van der Waals surface area contributed by atoms with E-state index < -0.39 is 34.1 Å². The highest BCUT2D eigenvalue weighted by Crippen LogP contribution is 2.24. The zero-order chi connectivity index (χ0) is 35.6. The summed E-state index contributed by atoms with van der Waals surface area (Å²) in [5.74, 6) is -0.685. The number of urea groups is 1. The van der Waals surface area contributed by atoms with Gasteiger partial charge in [0.1, 0.15) is 12.6 Å². The number of benzene rings is 2. The number of amides is 3. The van der Waals surface area contributed by atoms with E-state index in [2.05, 4.69) is 20.7 Å². The molecule has 4 atom stereocenters. The molecule has 4 rings (SSSR count). The number of aliphatic hydroxyl groups is 1. The molecule has 1 aliphatic rings. The second-order valence-electron chi connectivity index (χ2n) is 13.0. The van der Waals surface area contributed by atoms with E-state index in [9.17, 15) is 28.0 Å². The van der Waals surface area contributed by atoms with E-state index in [1.54, 1.807) is 40.3 Å². The van der Waals surface area contributed by atoms with Gasteiger partial charge in [0, 0.05) is 32.4 Å². The first-order valence-corrected chi connectivity index (χ1v) is 18.1. The maximum absolute atomic E-state index is 14.2. The fourth-order valence-electron chi connectivity index (χ4n) is 5.97. The summed E-state index contributed by atoms with van der Waals surface area (Å²) in [6.07, 6.45) is 1.13. The van der Waals surface area contributed by atoms with Gasteiger partial charge >= 0.3 is 6.03 Å². The molecule has 264 valence electrons. The molecule has 0 unspecified atom stereocenters. The second-order valence-corrected chi connectivity index (χ2v) is 14.9. The smallest absolute Gasteiger partial charge is 0.321 e. The van der Waals surface area contributed by atoms with Gasteiger partial charge in [-0.3, -0.25) is 4.79 Å². The molecule has 0 spiro atoms. The standard InChI is InChI=1S/C35H47N7O6S/c1-5-26(4)33(42-19-18-40(35(42)45)23-29-12-9-17-36-39-29)34(44)38-31(20-27-10-7-6-8-11-27)32(43)24-41(22-25(2)3)49(47,48)30-15-13-28(14-16-30)21-37-46/h6-17,25-26,31-33,43H,5,18-24H2,1-4H3,(H,38,44)/t26-,31-,32+,33-/m0/s1. The Bertz CT molecular complexity index is 1630. The molecule has 3 amide bonds. The SMILES string of the molecule is CC[C@H](C)[C@@H](C(=O)N[C@@H](Cc1ccccc1)[C@H](O)CN(CC(C)C)S(=O)(=O)c1ccc(CN=O)cc1)N1CCN(Cc2cccnn2)C1=O. The van der Waals surface area contributed by atoms with Crippen molar-refractivity contribution in [1.29, 1.82) is 0 Å². The van der Waals surface area contributed by atoms with Crippen molar-refractivity contribution < 1.29 is 23.1 Å². The molecule has 1 aromatic heterocycles. The lowest BCUT2D eigenvalue weighted by Gasteiger charge is -2.35. The summed E-state index contributed by atoms with van der Waals surface area (Å²) in [4.78, 5) is 41.7.